The van der Waals surface area contributed by atoms with Crippen molar-refractivity contribution in [2.24, 2.45) is 5.90 Å². The van der Waals surface area contributed by atoms with E-state index in [4.69, 9.17) is 17.5 Å². The first-order chi connectivity index (χ1) is 6.56. The molecule has 0 amide bonds. The van der Waals surface area contributed by atoms with Crippen molar-refractivity contribution in [1.29, 1.82) is 0 Å². The van der Waals surface area contributed by atoms with Gasteiger partial charge in [0, 0.05) is 5.56 Å². The Hall–Kier alpha value is -0.770. The van der Waals surface area contributed by atoms with Crippen molar-refractivity contribution in [3.63, 3.8) is 0 Å². The summed E-state index contributed by atoms with van der Waals surface area (Å²) < 4.78 is 0. The van der Waals surface area contributed by atoms with Gasteiger partial charge in [0.15, 0.2) is 0 Å². The number of hydrogen-bond acceptors (Lipinski definition) is 3. The Kier molecular flexibility index (Phi) is 3.75. The van der Waals surface area contributed by atoms with Crippen molar-refractivity contribution in [3.05, 3.63) is 28.3 Å². The minimum absolute atomic E-state index is 0.0431. The summed E-state index contributed by atoms with van der Waals surface area (Å²) in [4.78, 5) is 4.48. The average molecular weight is 216 g/mol. The van der Waals surface area contributed by atoms with Gasteiger partial charge in [0.1, 0.15) is 5.75 Å². The van der Waals surface area contributed by atoms with Gasteiger partial charge in [-0.25, -0.2) is 5.90 Å². The maximum absolute atomic E-state index is 9.57. The Bertz CT molecular complexity index is 326. The van der Waals surface area contributed by atoms with Crippen LogP contribution >= 0.6 is 11.6 Å². The fourth-order valence-corrected chi connectivity index (χ4v) is 1.46. The summed E-state index contributed by atoms with van der Waals surface area (Å²) in [6.07, 6.45) is 0. The lowest BCUT2D eigenvalue weighted by Gasteiger charge is -2.11. The number of phenolic OH excluding ortho intramolecular Hbond substituents is 1. The van der Waals surface area contributed by atoms with Crippen molar-refractivity contribution in [2.75, 3.05) is 0 Å². The molecule has 1 rings (SSSR count). The lowest BCUT2D eigenvalue weighted by Crippen LogP contribution is -2.00. The van der Waals surface area contributed by atoms with E-state index in [2.05, 4.69) is 18.7 Å². The lowest BCUT2D eigenvalue weighted by molar-refractivity contribution is 0.122. The molecule has 0 spiro atoms. The summed E-state index contributed by atoms with van der Waals surface area (Å²) in [6, 6.07) is 3.60. The molecule has 0 bridgehead atoms. The van der Waals surface area contributed by atoms with Gasteiger partial charge in [0.2, 0.25) is 0 Å². The number of nitrogens with two attached hydrogens (primary N) is 1. The molecular formula is C10H14ClNO2. The van der Waals surface area contributed by atoms with Gasteiger partial charge in [-0.15, -0.1) is 0 Å². The molecule has 14 heavy (non-hydrogen) atoms. The number of rotatable bonds is 3. The van der Waals surface area contributed by atoms with Crippen LogP contribution in [0.15, 0.2) is 12.1 Å². The van der Waals surface area contributed by atoms with Gasteiger partial charge in [-0.2, -0.15) is 0 Å². The van der Waals surface area contributed by atoms with Gasteiger partial charge >= 0.3 is 0 Å². The smallest absolute Gasteiger partial charge is 0.139 e. The Morgan fingerprint density at radius 3 is 2.64 bits per heavy atom. The minimum Gasteiger partial charge on any atom is -0.506 e. The van der Waals surface area contributed by atoms with Crippen LogP contribution in [0.1, 0.15) is 30.9 Å². The van der Waals surface area contributed by atoms with Gasteiger partial charge < -0.3 is 5.11 Å². The zero-order valence-corrected chi connectivity index (χ0v) is 9.01. The molecule has 1 aromatic carbocycles. The zero-order chi connectivity index (χ0) is 10.7. The third-order valence-corrected chi connectivity index (χ3v) is 2.36. The summed E-state index contributed by atoms with van der Waals surface area (Å²) >= 11 is 5.85. The molecule has 0 fully saturated rings. The third-order valence-electron chi connectivity index (χ3n) is 2.07. The molecule has 0 aliphatic carbocycles. The van der Waals surface area contributed by atoms with Gasteiger partial charge in [-0.05, 0) is 23.6 Å². The monoisotopic (exact) mass is 215 g/mol. The van der Waals surface area contributed by atoms with Crippen LogP contribution in [-0.4, -0.2) is 5.11 Å². The molecule has 0 aliphatic rings. The van der Waals surface area contributed by atoms with Gasteiger partial charge in [-0.1, -0.05) is 25.4 Å². The van der Waals surface area contributed by atoms with Crippen LogP contribution in [0.4, 0.5) is 0 Å². The van der Waals surface area contributed by atoms with E-state index in [9.17, 15) is 5.11 Å². The van der Waals surface area contributed by atoms with Crippen LogP contribution in [0, 0.1) is 0 Å². The first-order valence-corrected chi connectivity index (χ1v) is 4.77. The van der Waals surface area contributed by atoms with E-state index >= 15 is 0 Å². The molecule has 0 heterocycles. The predicted molar refractivity (Wildman–Crippen MR) is 56.2 cm³/mol. The summed E-state index contributed by atoms with van der Waals surface area (Å²) in [7, 11) is 0. The minimum atomic E-state index is 0.0431. The predicted octanol–water partition coefficient (Wildman–Crippen LogP) is 2.56. The highest BCUT2D eigenvalue weighted by atomic mass is 35.5. The Morgan fingerprint density at radius 1 is 1.50 bits per heavy atom. The molecular weight excluding hydrogens is 202 g/mol. The van der Waals surface area contributed by atoms with E-state index < -0.39 is 0 Å². The largest absolute Gasteiger partial charge is 0.506 e. The molecule has 0 atom stereocenters. The highest BCUT2D eigenvalue weighted by molar-refractivity contribution is 6.32. The number of phenols is 1. The van der Waals surface area contributed by atoms with E-state index in [0.717, 1.165) is 5.56 Å². The second-order valence-electron chi connectivity index (χ2n) is 3.48. The molecule has 1 aromatic rings. The summed E-state index contributed by atoms with van der Waals surface area (Å²) in [5.41, 5.74) is 1.67. The average Bonchev–Trinajstić information content (AvgIpc) is 2.12. The van der Waals surface area contributed by atoms with Crippen molar-refractivity contribution >= 4 is 11.6 Å². The molecule has 0 saturated carbocycles. The fourth-order valence-electron chi connectivity index (χ4n) is 1.21. The number of aromatic hydroxyl groups is 1. The second-order valence-corrected chi connectivity index (χ2v) is 3.88. The Labute approximate surface area is 88.4 Å². The molecule has 78 valence electrons. The Balaban J connectivity index is 3.14. The van der Waals surface area contributed by atoms with Crippen molar-refractivity contribution in [3.8, 4) is 5.75 Å². The van der Waals surface area contributed by atoms with Crippen LogP contribution < -0.4 is 5.90 Å². The first kappa shape index (κ1) is 11.3. The second kappa shape index (κ2) is 4.64. The maximum Gasteiger partial charge on any atom is 0.139 e. The van der Waals surface area contributed by atoms with Crippen molar-refractivity contribution in [1.82, 2.24) is 0 Å². The number of benzene rings is 1. The van der Waals surface area contributed by atoms with E-state index in [1.54, 1.807) is 6.07 Å². The molecule has 3 nitrogen and oxygen atoms in total. The zero-order valence-electron chi connectivity index (χ0n) is 8.25. The molecule has 4 heteroatoms. The SMILES string of the molecule is CC(C)c1cc(Cl)c(O)c(CON)c1. The Morgan fingerprint density at radius 2 is 2.14 bits per heavy atom. The van der Waals surface area contributed by atoms with Gasteiger partial charge in [0.05, 0.1) is 11.6 Å². The molecule has 0 unspecified atom stereocenters. The number of hydrogen-bond donors (Lipinski definition) is 2. The van der Waals surface area contributed by atoms with Gasteiger partial charge in [0.25, 0.3) is 0 Å². The first-order valence-electron chi connectivity index (χ1n) is 4.39. The van der Waals surface area contributed by atoms with E-state index in [-0.39, 0.29) is 12.4 Å². The van der Waals surface area contributed by atoms with Crippen LogP contribution in [0.3, 0.4) is 0 Å². The van der Waals surface area contributed by atoms with Crippen molar-refractivity contribution < 1.29 is 9.94 Å². The van der Waals surface area contributed by atoms with Crippen LogP contribution in [0.25, 0.3) is 0 Å². The van der Waals surface area contributed by atoms with E-state index in [0.29, 0.717) is 16.5 Å². The molecule has 0 radical (unpaired) electrons. The van der Waals surface area contributed by atoms with Crippen LogP contribution in [0.5, 0.6) is 5.75 Å². The standard InChI is InChI=1S/C10H14ClNO2/c1-6(2)7-3-8(5-14-12)10(13)9(11)4-7/h3-4,6,13H,5,12H2,1-2H3. The van der Waals surface area contributed by atoms with E-state index in [1.807, 2.05) is 6.07 Å². The number of halogens is 1. The molecule has 0 aliphatic heterocycles. The van der Waals surface area contributed by atoms with E-state index in [1.165, 1.54) is 0 Å². The van der Waals surface area contributed by atoms with Gasteiger partial charge in [-0.3, -0.25) is 4.84 Å². The highest BCUT2D eigenvalue weighted by Crippen LogP contribution is 2.31. The molecule has 0 aromatic heterocycles. The quantitative estimate of drug-likeness (QED) is 0.762. The molecule has 0 saturated heterocycles. The summed E-state index contributed by atoms with van der Waals surface area (Å²) in [5.74, 6) is 5.35. The normalized spacial score (nSPS) is 10.9. The highest BCUT2D eigenvalue weighted by Gasteiger charge is 2.10. The fraction of sp³-hybridized carbons (Fsp3) is 0.400. The summed E-state index contributed by atoms with van der Waals surface area (Å²) in [5, 5.41) is 9.90. The molecule has 3 N–H and O–H groups in total. The lowest BCUT2D eigenvalue weighted by atomic mass is 10.0. The maximum atomic E-state index is 9.57. The topological polar surface area (TPSA) is 55.5 Å². The van der Waals surface area contributed by atoms with Crippen LogP contribution in [-0.2, 0) is 11.4 Å². The van der Waals surface area contributed by atoms with Crippen LogP contribution in [0.2, 0.25) is 5.02 Å². The summed E-state index contributed by atoms with van der Waals surface area (Å²) in [6.45, 7) is 4.26. The third kappa shape index (κ3) is 2.38. The van der Waals surface area contributed by atoms with Crippen molar-refractivity contribution in [2.45, 2.75) is 26.4 Å².